The van der Waals surface area contributed by atoms with Crippen LogP contribution in [0.3, 0.4) is 0 Å². The standard InChI is InChI=1S/C24H27N3O2/c25-14-21-12-19(24(28)29)6-7-20(21)16-27-10-8-17(9-11-27)15-26-23-13-22(23)18-4-2-1-3-5-18/h1-7,12,17,22-23,26H,8-11,13,15-16H2,(H,28,29)/t22?,23-/m1/s1. The Kier molecular flexibility index (Phi) is 5.94. The maximum Gasteiger partial charge on any atom is 0.335 e. The fraction of sp³-hybridized carbons (Fsp3) is 0.417. The number of piperidine rings is 1. The molecule has 2 aliphatic rings. The van der Waals surface area contributed by atoms with Crippen LogP contribution in [0.5, 0.6) is 0 Å². The number of carbonyl (C=O) groups is 1. The lowest BCUT2D eigenvalue weighted by Gasteiger charge is -2.32. The van der Waals surface area contributed by atoms with E-state index in [1.54, 1.807) is 12.1 Å². The second-order valence-corrected chi connectivity index (χ2v) is 8.28. The van der Waals surface area contributed by atoms with Crippen LogP contribution in [-0.2, 0) is 6.54 Å². The SMILES string of the molecule is N#Cc1cc(C(=O)O)ccc1CN1CCC(CN[C@@H]2CC2c2ccccc2)CC1. The van der Waals surface area contributed by atoms with E-state index >= 15 is 0 Å². The molecular weight excluding hydrogens is 362 g/mol. The zero-order valence-corrected chi connectivity index (χ0v) is 16.6. The summed E-state index contributed by atoms with van der Waals surface area (Å²) in [5.41, 5.74) is 3.00. The molecule has 0 amide bonds. The zero-order chi connectivity index (χ0) is 20.2. The molecule has 1 aliphatic heterocycles. The van der Waals surface area contributed by atoms with E-state index < -0.39 is 5.97 Å². The summed E-state index contributed by atoms with van der Waals surface area (Å²) in [5, 5.41) is 22.2. The van der Waals surface area contributed by atoms with Crippen LogP contribution in [0.4, 0.5) is 0 Å². The summed E-state index contributed by atoms with van der Waals surface area (Å²) in [6.45, 7) is 3.83. The smallest absolute Gasteiger partial charge is 0.335 e. The van der Waals surface area contributed by atoms with Gasteiger partial charge in [0.05, 0.1) is 17.2 Å². The van der Waals surface area contributed by atoms with Gasteiger partial charge in [0.15, 0.2) is 0 Å². The van der Waals surface area contributed by atoms with Crippen molar-refractivity contribution in [2.75, 3.05) is 19.6 Å². The minimum Gasteiger partial charge on any atom is -0.478 e. The molecule has 2 N–H and O–H groups in total. The van der Waals surface area contributed by atoms with Crippen LogP contribution in [0.25, 0.3) is 0 Å². The van der Waals surface area contributed by atoms with Gasteiger partial charge in [-0.25, -0.2) is 4.79 Å². The Morgan fingerprint density at radius 1 is 1.17 bits per heavy atom. The summed E-state index contributed by atoms with van der Waals surface area (Å²) in [6, 6.07) is 18.4. The summed E-state index contributed by atoms with van der Waals surface area (Å²) >= 11 is 0. The largest absolute Gasteiger partial charge is 0.478 e. The Hall–Kier alpha value is -2.68. The Bertz CT molecular complexity index is 898. The first-order valence-corrected chi connectivity index (χ1v) is 10.4. The van der Waals surface area contributed by atoms with Crippen molar-refractivity contribution in [2.45, 2.75) is 37.8 Å². The van der Waals surface area contributed by atoms with Gasteiger partial charge in [-0.05, 0) is 68.1 Å². The average molecular weight is 389 g/mol. The van der Waals surface area contributed by atoms with Gasteiger partial charge >= 0.3 is 5.97 Å². The molecule has 1 aliphatic carbocycles. The van der Waals surface area contributed by atoms with Gasteiger partial charge in [-0.1, -0.05) is 36.4 Å². The van der Waals surface area contributed by atoms with E-state index in [9.17, 15) is 10.1 Å². The Morgan fingerprint density at radius 2 is 1.93 bits per heavy atom. The average Bonchev–Trinajstić information content (AvgIpc) is 3.54. The second-order valence-electron chi connectivity index (χ2n) is 8.28. The highest BCUT2D eigenvalue weighted by molar-refractivity contribution is 5.88. The summed E-state index contributed by atoms with van der Waals surface area (Å²) < 4.78 is 0. The fourth-order valence-electron chi connectivity index (χ4n) is 4.35. The van der Waals surface area contributed by atoms with Gasteiger partial charge in [-0.15, -0.1) is 0 Å². The third-order valence-corrected chi connectivity index (χ3v) is 6.27. The van der Waals surface area contributed by atoms with Crippen molar-refractivity contribution in [1.29, 1.82) is 5.26 Å². The normalized spacial score (nSPS) is 22.2. The van der Waals surface area contributed by atoms with Gasteiger partial charge in [0.2, 0.25) is 0 Å². The van der Waals surface area contributed by atoms with Crippen LogP contribution in [0, 0.1) is 17.2 Å². The highest BCUT2D eigenvalue weighted by Gasteiger charge is 2.38. The topological polar surface area (TPSA) is 76.4 Å². The van der Waals surface area contributed by atoms with Crippen molar-refractivity contribution in [1.82, 2.24) is 10.2 Å². The van der Waals surface area contributed by atoms with Crippen LogP contribution in [0.15, 0.2) is 48.5 Å². The van der Waals surface area contributed by atoms with Crippen molar-refractivity contribution in [3.8, 4) is 6.07 Å². The van der Waals surface area contributed by atoms with Crippen LogP contribution in [-0.4, -0.2) is 41.7 Å². The van der Waals surface area contributed by atoms with Crippen molar-refractivity contribution in [3.63, 3.8) is 0 Å². The van der Waals surface area contributed by atoms with E-state index in [1.807, 2.05) is 0 Å². The number of likely N-dealkylation sites (tertiary alicyclic amines) is 1. The minimum absolute atomic E-state index is 0.170. The molecule has 0 bridgehead atoms. The quantitative estimate of drug-likeness (QED) is 0.756. The maximum absolute atomic E-state index is 11.1. The number of hydrogen-bond acceptors (Lipinski definition) is 4. The molecule has 1 saturated heterocycles. The van der Waals surface area contributed by atoms with Crippen molar-refractivity contribution < 1.29 is 9.90 Å². The number of benzene rings is 2. The van der Waals surface area contributed by atoms with E-state index in [0.717, 1.165) is 38.0 Å². The molecule has 1 heterocycles. The number of nitriles is 1. The summed E-state index contributed by atoms with van der Waals surface area (Å²) in [4.78, 5) is 13.5. The van der Waals surface area contributed by atoms with Crippen LogP contribution >= 0.6 is 0 Å². The van der Waals surface area contributed by atoms with E-state index in [-0.39, 0.29) is 5.56 Å². The van der Waals surface area contributed by atoms with E-state index in [0.29, 0.717) is 30.0 Å². The number of hydrogen-bond donors (Lipinski definition) is 2. The summed E-state index contributed by atoms with van der Waals surface area (Å²) in [5.74, 6) is 0.383. The van der Waals surface area contributed by atoms with Gasteiger partial charge in [-0.2, -0.15) is 5.26 Å². The van der Waals surface area contributed by atoms with E-state index in [4.69, 9.17) is 5.11 Å². The first kappa shape index (κ1) is 19.6. The van der Waals surface area contributed by atoms with Gasteiger partial charge in [0.1, 0.15) is 0 Å². The second kappa shape index (κ2) is 8.77. The molecule has 2 aromatic carbocycles. The lowest BCUT2D eigenvalue weighted by Crippen LogP contribution is -2.37. The number of rotatable bonds is 7. The predicted octanol–water partition coefficient (Wildman–Crippen LogP) is 3.61. The summed E-state index contributed by atoms with van der Waals surface area (Å²) in [7, 11) is 0. The first-order valence-electron chi connectivity index (χ1n) is 10.4. The van der Waals surface area contributed by atoms with E-state index in [2.05, 4.69) is 46.6 Å². The predicted molar refractivity (Wildman–Crippen MR) is 112 cm³/mol. The van der Waals surface area contributed by atoms with Gasteiger partial charge in [0, 0.05) is 18.5 Å². The molecule has 0 radical (unpaired) electrons. The van der Waals surface area contributed by atoms with Crippen molar-refractivity contribution in [3.05, 3.63) is 70.8 Å². The van der Waals surface area contributed by atoms with E-state index in [1.165, 1.54) is 18.1 Å². The van der Waals surface area contributed by atoms with Crippen LogP contribution in [0.1, 0.15) is 52.2 Å². The van der Waals surface area contributed by atoms with Crippen LogP contribution in [0.2, 0.25) is 0 Å². The molecule has 5 nitrogen and oxygen atoms in total. The third-order valence-electron chi connectivity index (χ3n) is 6.27. The monoisotopic (exact) mass is 389 g/mol. The molecule has 0 spiro atoms. The summed E-state index contributed by atoms with van der Waals surface area (Å²) in [6.07, 6.45) is 3.56. The molecule has 2 aromatic rings. The molecular formula is C24H27N3O2. The van der Waals surface area contributed by atoms with Gasteiger partial charge in [-0.3, -0.25) is 4.90 Å². The first-order chi connectivity index (χ1) is 14.1. The number of nitrogens with zero attached hydrogens (tertiary/aromatic N) is 2. The molecule has 5 heteroatoms. The molecule has 4 rings (SSSR count). The number of carboxylic acid groups (broad SMARTS) is 1. The zero-order valence-electron chi connectivity index (χ0n) is 16.6. The lowest BCUT2D eigenvalue weighted by molar-refractivity contribution is 0.0697. The Balaban J connectivity index is 1.22. The Morgan fingerprint density at radius 3 is 2.62 bits per heavy atom. The molecule has 29 heavy (non-hydrogen) atoms. The number of carboxylic acids is 1. The molecule has 150 valence electrons. The lowest BCUT2D eigenvalue weighted by atomic mass is 9.95. The van der Waals surface area contributed by atoms with Crippen molar-refractivity contribution >= 4 is 5.97 Å². The maximum atomic E-state index is 11.1. The van der Waals surface area contributed by atoms with Crippen molar-refractivity contribution in [2.24, 2.45) is 5.92 Å². The van der Waals surface area contributed by atoms with Gasteiger partial charge < -0.3 is 10.4 Å². The Labute approximate surface area is 172 Å². The minimum atomic E-state index is -0.994. The molecule has 1 unspecified atom stereocenters. The molecule has 1 saturated carbocycles. The van der Waals surface area contributed by atoms with Crippen LogP contribution < -0.4 is 5.32 Å². The highest BCUT2D eigenvalue weighted by atomic mass is 16.4. The van der Waals surface area contributed by atoms with Gasteiger partial charge in [0.25, 0.3) is 0 Å². The highest BCUT2D eigenvalue weighted by Crippen LogP contribution is 2.40. The molecule has 2 atom stereocenters. The third kappa shape index (κ3) is 4.84. The molecule has 0 aromatic heterocycles. The number of nitrogens with one attached hydrogen (secondary N) is 1. The number of aromatic carboxylic acids is 1. The molecule has 2 fully saturated rings. The fourth-order valence-corrected chi connectivity index (χ4v) is 4.35.